The molecular formula is C14H14BrNO. The number of nitrogens with zero attached hydrogens (tertiary/aromatic N) is 1. The van der Waals surface area contributed by atoms with Gasteiger partial charge in [0.15, 0.2) is 0 Å². The van der Waals surface area contributed by atoms with E-state index >= 15 is 0 Å². The standard InChI is InChI=1S/C14H14BrNO/c1-10-8-12(2-3-13(10)15)14(17)9-11-4-6-16-7-5-11/h2-8,14,17H,9H2,1H3. The topological polar surface area (TPSA) is 33.1 Å². The van der Waals surface area contributed by atoms with Crippen LogP contribution in [-0.4, -0.2) is 10.1 Å². The van der Waals surface area contributed by atoms with Gasteiger partial charge in [-0.15, -0.1) is 0 Å². The Balaban J connectivity index is 2.14. The van der Waals surface area contributed by atoms with Gasteiger partial charge in [0, 0.05) is 23.3 Å². The van der Waals surface area contributed by atoms with E-state index in [1.54, 1.807) is 12.4 Å². The number of aliphatic hydroxyl groups is 1. The first-order chi connectivity index (χ1) is 8.16. The second-order valence-electron chi connectivity index (χ2n) is 4.08. The molecule has 0 radical (unpaired) electrons. The van der Waals surface area contributed by atoms with E-state index in [-0.39, 0.29) is 0 Å². The molecule has 0 aliphatic heterocycles. The van der Waals surface area contributed by atoms with Crippen molar-refractivity contribution in [3.8, 4) is 0 Å². The van der Waals surface area contributed by atoms with Crippen LogP contribution in [0.3, 0.4) is 0 Å². The zero-order valence-electron chi connectivity index (χ0n) is 9.60. The second kappa shape index (κ2) is 5.43. The molecule has 17 heavy (non-hydrogen) atoms. The Bertz CT molecular complexity index is 499. The number of pyridine rings is 1. The molecule has 0 saturated carbocycles. The highest BCUT2D eigenvalue weighted by Gasteiger charge is 2.09. The van der Waals surface area contributed by atoms with Crippen molar-refractivity contribution in [3.05, 3.63) is 63.9 Å². The summed E-state index contributed by atoms with van der Waals surface area (Å²) < 4.78 is 1.07. The number of hydrogen-bond acceptors (Lipinski definition) is 2. The van der Waals surface area contributed by atoms with Crippen molar-refractivity contribution in [3.63, 3.8) is 0 Å². The third kappa shape index (κ3) is 3.14. The first kappa shape index (κ1) is 12.3. The molecule has 1 aromatic heterocycles. The summed E-state index contributed by atoms with van der Waals surface area (Å²) in [6.45, 7) is 2.02. The Hall–Kier alpha value is -1.19. The van der Waals surface area contributed by atoms with Crippen LogP contribution >= 0.6 is 15.9 Å². The SMILES string of the molecule is Cc1cc(C(O)Cc2ccncc2)ccc1Br. The second-order valence-corrected chi connectivity index (χ2v) is 4.94. The van der Waals surface area contributed by atoms with Crippen molar-refractivity contribution < 1.29 is 5.11 Å². The van der Waals surface area contributed by atoms with Crippen LogP contribution in [-0.2, 0) is 6.42 Å². The van der Waals surface area contributed by atoms with Crippen molar-refractivity contribution in [1.82, 2.24) is 4.98 Å². The van der Waals surface area contributed by atoms with Gasteiger partial charge in [0.1, 0.15) is 0 Å². The van der Waals surface area contributed by atoms with Crippen LogP contribution in [0.15, 0.2) is 47.2 Å². The first-order valence-electron chi connectivity index (χ1n) is 5.50. The first-order valence-corrected chi connectivity index (χ1v) is 6.29. The lowest BCUT2D eigenvalue weighted by molar-refractivity contribution is 0.178. The number of aromatic nitrogens is 1. The average Bonchev–Trinajstić information content (AvgIpc) is 2.34. The monoisotopic (exact) mass is 291 g/mol. The fourth-order valence-electron chi connectivity index (χ4n) is 1.74. The maximum atomic E-state index is 10.2. The van der Waals surface area contributed by atoms with Crippen LogP contribution in [0, 0.1) is 6.92 Å². The molecular weight excluding hydrogens is 278 g/mol. The summed E-state index contributed by atoms with van der Waals surface area (Å²) in [5.41, 5.74) is 3.17. The molecule has 0 aliphatic carbocycles. The fraction of sp³-hybridized carbons (Fsp3) is 0.214. The quantitative estimate of drug-likeness (QED) is 0.940. The molecule has 1 aromatic carbocycles. The molecule has 0 bridgehead atoms. The normalized spacial score (nSPS) is 12.4. The summed E-state index contributed by atoms with van der Waals surface area (Å²) in [6, 6.07) is 9.78. The van der Waals surface area contributed by atoms with E-state index in [9.17, 15) is 5.11 Å². The number of rotatable bonds is 3. The van der Waals surface area contributed by atoms with Crippen LogP contribution < -0.4 is 0 Å². The molecule has 2 nitrogen and oxygen atoms in total. The van der Waals surface area contributed by atoms with Gasteiger partial charge in [-0.3, -0.25) is 4.98 Å². The van der Waals surface area contributed by atoms with E-state index in [0.717, 1.165) is 21.2 Å². The highest BCUT2D eigenvalue weighted by Crippen LogP contribution is 2.23. The third-order valence-electron chi connectivity index (χ3n) is 2.75. The molecule has 1 atom stereocenters. The maximum absolute atomic E-state index is 10.2. The van der Waals surface area contributed by atoms with Gasteiger partial charge in [-0.25, -0.2) is 0 Å². The summed E-state index contributed by atoms with van der Waals surface area (Å²) in [4.78, 5) is 3.96. The molecule has 2 aromatic rings. The number of aliphatic hydroxyl groups excluding tert-OH is 1. The Labute approximate surface area is 109 Å². The van der Waals surface area contributed by atoms with E-state index in [1.165, 1.54) is 0 Å². The Morgan fingerprint density at radius 3 is 2.59 bits per heavy atom. The van der Waals surface area contributed by atoms with E-state index < -0.39 is 6.10 Å². The lowest BCUT2D eigenvalue weighted by atomic mass is 10.0. The molecule has 88 valence electrons. The summed E-state index contributed by atoms with van der Waals surface area (Å²) in [7, 11) is 0. The van der Waals surface area contributed by atoms with Gasteiger partial charge in [0.2, 0.25) is 0 Å². The van der Waals surface area contributed by atoms with Gasteiger partial charge in [0.25, 0.3) is 0 Å². The summed E-state index contributed by atoms with van der Waals surface area (Å²) in [5, 5.41) is 10.2. The average molecular weight is 292 g/mol. The Morgan fingerprint density at radius 2 is 1.94 bits per heavy atom. The molecule has 1 heterocycles. The highest BCUT2D eigenvalue weighted by molar-refractivity contribution is 9.10. The molecule has 0 amide bonds. The predicted octanol–water partition coefficient (Wildman–Crippen LogP) is 3.43. The van der Waals surface area contributed by atoms with Crippen LogP contribution in [0.5, 0.6) is 0 Å². The summed E-state index contributed by atoms with van der Waals surface area (Å²) in [6.07, 6.45) is 3.64. The van der Waals surface area contributed by atoms with Gasteiger partial charge in [0.05, 0.1) is 6.10 Å². The van der Waals surface area contributed by atoms with E-state index in [0.29, 0.717) is 6.42 Å². The van der Waals surface area contributed by atoms with Crippen molar-refractivity contribution >= 4 is 15.9 Å². The molecule has 0 saturated heterocycles. The molecule has 3 heteroatoms. The lowest BCUT2D eigenvalue weighted by Gasteiger charge is -2.12. The van der Waals surface area contributed by atoms with E-state index in [2.05, 4.69) is 20.9 Å². The molecule has 1 unspecified atom stereocenters. The maximum Gasteiger partial charge on any atom is 0.0830 e. The summed E-state index contributed by atoms with van der Waals surface area (Å²) in [5.74, 6) is 0. The zero-order chi connectivity index (χ0) is 12.3. The van der Waals surface area contributed by atoms with Crippen molar-refractivity contribution in [2.45, 2.75) is 19.4 Å². The lowest BCUT2D eigenvalue weighted by Crippen LogP contribution is -2.02. The third-order valence-corrected chi connectivity index (χ3v) is 3.63. The smallest absolute Gasteiger partial charge is 0.0830 e. The number of aryl methyl sites for hydroxylation is 1. The van der Waals surface area contributed by atoms with Gasteiger partial charge in [-0.2, -0.15) is 0 Å². The Morgan fingerprint density at radius 1 is 1.24 bits per heavy atom. The largest absolute Gasteiger partial charge is 0.388 e. The van der Waals surface area contributed by atoms with Gasteiger partial charge in [-0.1, -0.05) is 28.1 Å². The number of halogens is 1. The predicted molar refractivity (Wildman–Crippen MR) is 71.8 cm³/mol. The van der Waals surface area contributed by atoms with Gasteiger partial charge >= 0.3 is 0 Å². The summed E-state index contributed by atoms with van der Waals surface area (Å²) >= 11 is 3.46. The zero-order valence-corrected chi connectivity index (χ0v) is 11.2. The highest BCUT2D eigenvalue weighted by atomic mass is 79.9. The van der Waals surface area contributed by atoms with E-state index in [1.807, 2.05) is 37.3 Å². The van der Waals surface area contributed by atoms with Gasteiger partial charge < -0.3 is 5.11 Å². The van der Waals surface area contributed by atoms with E-state index in [4.69, 9.17) is 0 Å². The fourth-order valence-corrected chi connectivity index (χ4v) is 1.98. The van der Waals surface area contributed by atoms with Crippen molar-refractivity contribution in [2.24, 2.45) is 0 Å². The van der Waals surface area contributed by atoms with Crippen LogP contribution in [0.25, 0.3) is 0 Å². The van der Waals surface area contributed by atoms with Crippen molar-refractivity contribution in [1.29, 1.82) is 0 Å². The molecule has 0 spiro atoms. The Kier molecular flexibility index (Phi) is 3.92. The molecule has 0 fully saturated rings. The van der Waals surface area contributed by atoms with Crippen molar-refractivity contribution in [2.75, 3.05) is 0 Å². The number of hydrogen-bond donors (Lipinski definition) is 1. The van der Waals surface area contributed by atoms with Crippen LogP contribution in [0.4, 0.5) is 0 Å². The molecule has 2 rings (SSSR count). The number of benzene rings is 1. The van der Waals surface area contributed by atoms with Gasteiger partial charge in [-0.05, 0) is 41.8 Å². The van der Waals surface area contributed by atoms with Crippen LogP contribution in [0.1, 0.15) is 22.8 Å². The minimum atomic E-state index is -0.468. The minimum Gasteiger partial charge on any atom is -0.388 e. The van der Waals surface area contributed by atoms with Crippen LogP contribution in [0.2, 0.25) is 0 Å². The molecule has 1 N–H and O–H groups in total. The minimum absolute atomic E-state index is 0.468. The molecule has 0 aliphatic rings.